The smallest absolute Gasteiger partial charge is 0.246 e. The van der Waals surface area contributed by atoms with Crippen LogP contribution in [0.1, 0.15) is 13.8 Å². The Labute approximate surface area is 98.1 Å². The average Bonchev–Trinajstić information content (AvgIpc) is 2.78. The van der Waals surface area contributed by atoms with Crippen LogP contribution < -0.4 is 15.2 Å². The van der Waals surface area contributed by atoms with E-state index in [4.69, 9.17) is 19.7 Å². The molecule has 1 aromatic heterocycles. The van der Waals surface area contributed by atoms with Gasteiger partial charge in [-0.1, -0.05) is 5.16 Å². The Balaban J connectivity index is 2.01. The molecule has 0 unspecified atom stereocenters. The molecular formula is C12H12N2O3. The number of benzene rings is 1. The first kappa shape index (κ1) is 10.0. The predicted molar refractivity (Wildman–Crippen MR) is 61.7 cm³/mol. The molecule has 88 valence electrons. The highest BCUT2D eigenvalue weighted by molar-refractivity contribution is 5.65. The van der Waals surface area contributed by atoms with Crippen molar-refractivity contribution in [2.45, 2.75) is 19.6 Å². The van der Waals surface area contributed by atoms with Gasteiger partial charge in [-0.25, -0.2) is 0 Å². The van der Waals surface area contributed by atoms with Crippen molar-refractivity contribution in [2.24, 2.45) is 0 Å². The first-order valence-corrected chi connectivity index (χ1v) is 5.28. The summed E-state index contributed by atoms with van der Waals surface area (Å²) in [5, 5.41) is 3.85. The Bertz CT molecular complexity index is 575. The Kier molecular flexibility index (Phi) is 1.86. The van der Waals surface area contributed by atoms with Gasteiger partial charge in [0.2, 0.25) is 11.7 Å². The van der Waals surface area contributed by atoms with E-state index in [-0.39, 0.29) is 5.88 Å². The molecule has 0 saturated carbocycles. The summed E-state index contributed by atoms with van der Waals surface area (Å²) in [7, 11) is 0. The minimum atomic E-state index is -0.621. The molecule has 2 N–H and O–H groups in total. The lowest BCUT2D eigenvalue weighted by Crippen LogP contribution is -2.29. The van der Waals surface area contributed by atoms with Crippen LogP contribution >= 0.6 is 0 Å². The summed E-state index contributed by atoms with van der Waals surface area (Å²) in [6.45, 7) is 3.72. The van der Waals surface area contributed by atoms with Gasteiger partial charge in [-0.2, -0.15) is 0 Å². The molecule has 0 saturated heterocycles. The summed E-state index contributed by atoms with van der Waals surface area (Å²) >= 11 is 0. The number of anilines is 1. The number of ether oxygens (including phenoxy) is 2. The number of aromatic nitrogens is 1. The molecule has 5 heteroatoms. The fourth-order valence-corrected chi connectivity index (χ4v) is 1.81. The zero-order valence-electron chi connectivity index (χ0n) is 9.56. The van der Waals surface area contributed by atoms with Gasteiger partial charge in [0.15, 0.2) is 11.5 Å². The van der Waals surface area contributed by atoms with E-state index in [2.05, 4.69) is 5.16 Å². The molecule has 0 atom stereocenters. The number of nitrogens with two attached hydrogens (primary N) is 1. The van der Waals surface area contributed by atoms with Crippen molar-refractivity contribution in [2.75, 3.05) is 5.73 Å². The summed E-state index contributed by atoms with van der Waals surface area (Å²) in [6, 6.07) is 7.27. The molecule has 0 radical (unpaired) electrons. The number of hydrogen-bond donors (Lipinski definition) is 1. The molecule has 1 aromatic carbocycles. The van der Waals surface area contributed by atoms with Crippen molar-refractivity contribution in [3.8, 4) is 22.8 Å². The molecule has 0 bridgehead atoms. The zero-order valence-corrected chi connectivity index (χ0v) is 9.56. The van der Waals surface area contributed by atoms with Crippen LogP contribution in [0.5, 0.6) is 11.5 Å². The maximum atomic E-state index is 5.65. The summed E-state index contributed by atoms with van der Waals surface area (Å²) < 4.78 is 16.1. The SMILES string of the molecule is CC1(C)Oc2ccc(-c3cc(N)on3)cc2O1. The molecule has 17 heavy (non-hydrogen) atoms. The van der Waals surface area contributed by atoms with E-state index in [0.717, 1.165) is 11.3 Å². The largest absolute Gasteiger partial charge is 0.449 e. The molecule has 0 aliphatic carbocycles. The highest BCUT2D eigenvalue weighted by Crippen LogP contribution is 2.41. The third-order valence-corrected chi connectivity index (χ3v) is 2.48. The monoisotopic (exact) mass is 232 g/mol. The lowest BCUT2D eigenvalue weighted by molar-refractivity contribution is -0.0431. The summed E-state index contributed by atoms with van der Waals surface area (Å²) in [5.74, 6) is 1.10. The number of fused-ring (bicyclic) bond motifs is 1. The quantitative estimate of drug-likeness (QED) is 0.817. The number of hydrogen-bond acceptors (Lipinski definition) is 5. The molecular weight excluding hydrogens is 220 g/mol. The first-order chi connectivity index (χ1) is 8.03. The van der Waals surface area contributed by atoms with E-state index in [9.17, 15) is 0 Å². The molecule has 2 heterocycles. The molecule has 0 fully saturated rings. The van der Waals surface area contributed by atoms with Crippen LogP contribution in [-0.4, -0.2) is 10.9 Å². The van der Waals surface area contributed by atoms with Crippen LogP contribution in [0.15, 0.2) is 28.8 Å². The van der Waals surface area contributed by atoms with Gasteiger partial charge in [0, 0.05) is 25.5 Å². The highest BCUT2D eigenvalue weighted by atomic mass is 16.7. The van der Waals surface area contributed by atoms with Gasteiger partial charge < -0.3 is 19.7 Å². The summed E-state index contributed by atoms with van der Waals surface area (Å²) in [4.78, 5) is 0. The molecule has 5 nitrogen and oxygen atoms in total. The van der Waals surface area contributed by atoms with E-state index in [1.807, 2.05) is 32.0 Å². The fraction of sp³-hybridized carbons (Fsp3) is 0.250. The molecule has 0 spiro atoms. The Morgan fingerprint density at radius 2 is 1.88 bits per heavy atom. The van der Waals surface area contributed by atoms with Crippen molar-refractivity contribution in [1.82, 2.24) is 5.16 Å². The van der Waals surface area contributed by atoms with Crippen molar-refractivity contribution < 1.29 is 14.0 Å². The highest BCUT2D eigenvalue weighted by Gasteiger charge is 2.31. The Hall–Kier alpha value is -2.17. The molecule has 1 aliphatic rings. The van der Waals surface area contributed by atoms with Gasteiger partial charge in [0.25, 0.3) is 0 Å². The molecule has 2 aromatic rings. The first-order valence-electron chi connectivity index (χ1n) is 5.28. The number of nitrogens with zero attached hydrogens (tertiary/aromatic N) is 1. The molecule has 3 rings (SSSR count). The minimum absolute atomic E-state index is 0.290. The summed E-state index contributed by atoms with van der Waals surface area (Å²) in [6.07, 6.45) is 0. The second-order valence-electron chi connectivity index (χ2n) is 4.38. The van der Waals surface area contributed by atoms with E-state index in [1.54, 1.807) is 6.07 Å². The van der Waals surface area contributed by atoms with Gasteiger partial charge in [-0.15, -0.1) is 0 Å². The van der Waals surface area contributed by atoms with Crippen LogP contribution in [0.2, 0.25) is 0 Å². The van der Waals surface area contributed by atoms with E-state index < -0.39 is 5.79 Å². The third kappa shape index (κ3) is 1.69. The molecule has 1 aliphatic heterocycles. The van der Waals surface area contributed by atoms with Crippen LogP contribution in [0.3, 0.4) is 0 Å². The van der Waals surface area contributed by atoms with Crippen molar-refractivity contribution >= 4 is 5.88 Å². The Morgan fingerprint density at radius 3 is 2.59 bits per heavy atom. The number of rotatable bonds is 1. The van der Waals surface area contributed by atoms with E-state index in [0.29, 0.717) is 11.4 Å². The standard InChI is InChI=1S/C12H12N2O3/c1-12(2)15-9-4-3-7(5-10(9)16-12)8-6-11(13)17-14-8/h3-6H,13H2,1-2H3. The van der Waals surface area contributed by atoms with Gasteiger partial charge in [0.1, 0.15) is 5.69 Å². The van der Waals surface area contributed by atoms with Crippen LogP contribution in [-0.2, 0) is 0 Å². The van der Waals surface area contributed by atoms with E-state index >= 15 is 0 Å². The molecule has 0 amide bonds. The zero-order chi connectivity index (χ0) is 12.0. The van der Waals surface area contributed by atoms with Gasteiger partial charge in [-0.05, 0) is 18.2 Å². The predicted octanol–water partition coefficient (Wildman–Crippen LogP) is 2.43. The Morgan fingerprint density at radius 1 is 1.12 bits per heavy atom. The van der Waals surface area contributed by atoms with Crippen molar-refractivity contribution in [1.29, 1.82) is 0 Å². The van der Waals surface area contributed by atoms with Gasteiger partial charge >= 0.3 is 0 Å². The second kappa shape index (κ2) is 3.16. The topological polar surface area (TPSA) is 70.5 Å². The number of nitrogen functional groups attached to an aromatic ring is 1. The lowest BCUT2D eigenvalue weighted by Gasteiger charge is -2.16. The van der Waals surface area contributed by atoms with Crippen LogP contribution in [0.4, 0.5) is 5.88 Å². The third-order valence-electron chi connectivity index (χ3n) is 2.48. The van der Waals surface area contributed by atoms with Crippen LogP contribution in [0.25, 0.3) is 11.3 Å². The minimum Gasteiger partial charge on any atom is -0.449 e. The maximum Gasteiger partial charge on any atom is 0.246 e. The van der Waals surface area contributed by atoms with E-state index in [1.165, 1.54) is 0 Å². The van der Waals surface area contributed by atoms with Crippen molar-refractivity contribution in [3.63, 3.8) is 0 Å². The van der Waals surface area contributed by atoms with Gasteiger partial charge in [-0.3, -0.25) is 0 Å². The normalized spacial score (nSPS) is 16.1. The van der Waals surface area contributed by atoms with Gasteiger partial charge in [0.05, 0.1) is 0 Å². The fourth-order valence-electron chi connectivity index (χ4n) is 1.81. The van der Waals surface area contributed by atoms with Crippen molar-refractivity contribution in [3.05, 3.63) is 24.3 Å². The summed E-state index contributed by atoms with van der Waals surface area (Å²) in [5.41, 5.74) is 7.05. The second-order valence-corrected chi connectivity index (χ2v) is 4.38. The van der Waals surface area contributed by atoms with Crippen LogP contribution in [0, 0.1) is 0 Å². The average molecular weight is 232 g/mol. The maximum absolute atomic E-state index is 5.65. The lowest BCUT2D eigenvalue weighted by atomic mass is 10.1.